The lowest BCUT2D eigenvalue weighted by Crippen LogP contribution is -3.05. The van der Waals surface area contributed by atoms with E-state index < -0.39 is 11.8 Å². The van der Waals surface area contributed by atoms with Crippen LogP contribution < -0.4 is 15.1 Å². The molecule has 1 fully saturated rings. The van der Waals surface area contributed by atoms with Crippen LogP contribution in [0.25, 0.3) is 0 Å². The quantitative estimate of drug-likeness (QED) is 0.329. The summed E-state index contributed by atoms with van der Waals surface area (Å²) in [6.45, 7) is 3.48. The number of thiocarbonyl (C=S) groups is 1. The zero-order valence-corrected chi connectivity index (χ0v) is 15.0. The smallest absolute Gasteiger partial charge is 0.251 e. The molecule has 7 heteroatoms. The maximum Gasteiger partial charge on any atom is 0.251 e. The normalized spacial score (nSPS) is 18.6. The molecule has 0 unspecified atom stereocenters. The molecule has 1 aliphatic heterocycles. The zero-order valence-electron chi connectivity index (χ0n) is 14.2. The van der Waals surface area contributed by atoms with Gasteiger partial charge in [0.05, 0.1) is 26.3 Å². The Kier molecular flexibility index (Phi) is 6.16. The Morgan fingerprint density at radius 3 is 2.71 bits per heavy atom. The molecule has 1 heterocycles. The highest BCUT2D eigenvalue weighted by Crippen LogP contribution is 2.23. The molecule has 0 bridgehead atoms. The summed E-state index contributed by atoms with van der Waals surface area (Å²) in [6.07, 6.45) is 2.34. The van der Waals surface area contributed by atoms with Gasteiger partial charge >= 0.3 is 0 Å². The topological polar surface area (TPSA) is 66.2 Å². The van der Waals surface area contributed by atoms with Crippen molar-refractivity contribution in [3.8, 4) is 0 Å². The monoisotopic (exact) mass is 347 g/mol. The van der Waals surface area contributed by atoms with Crippen LogP contribution in [0.4, 0.5) is 5.69 Å². The molecular formula is C17H23N4O2S+. The first kappa shape index (κ1) is 18.2. The van der Waals surface area contributed by atoms with Crippen molar-refractivity contribution in [2.45, 2.75) is 13.3 Å². The third-order valence-corrected chi connectivity index (χ3v) is 4.06. The van der Waals surface area contributed by atoms with Crippen LogP contribution >= 0.6 is 12.2 Å². The Bertz CT molecular complexity index is 672. The zero-order chi connectivity index (χ0) is 17.7. The number of para-hydroxylation sites is 1. The Morgan fingerprint density at radius 1 is 1.33 bits per heavy atom. The van der Waals surface area contributed by atoms with Crippen LogP contribution in [0.1, 0.15) is 12.0 Å². The van der Waals surface area contributed by atoms with Crippen molar-refractivity contribution < 1.29 is 14.5 Å². The fourth-order valence-corrected chi connectivity index (χ4v) is 2.76. The summed E-state index contributed by atoms with van der Waals surface area (Å²) in [5.41, 5.74) is 1.59. The van der Waals surface area contributed by atoms with E-state index in [4.69, 9.17) is 12.2 Å². The minimum Gasteiger partial charge on any atom is -0.340 e. The van der Waals surface area contributed by atoms with E-state index in [1.807, 2.05) is 31.2 Å². The van der Waals surface area contributed by atoms with Gasteiger partial charge in [-0.1, -0.05) is 18.2 Å². The summed E-state index contributed by atoms with van der Waals surface area (Å²) in [5.74, 6) is -1.72. The van der Waals surface area contributed by atoms with Crippen molar-refractivity contribution >= 4 is 41.0 Å². The standard InChI is InChI=1S/C17H22N4O2S/c1-12-7-4-5-8-14(12)21-16(23)13(15(22)19-17(21)24)11-18-9-6-10-20(2)3/h4-5,7-8,11,13H,6,9-10H2,1-3H3,(H,19,22,24)/p+1/t13-/m1/s1. The molecule has 1 atom stereocenters. The SMILES string of the molecule is Cc1ccccc1N1C(=O)[C@H](C=NCCC[NH+](C)C)C(=O)NC1=S. The number of anilines is 1. The van der Waals surface area contributed by atoms with Gasteiger partial charge in [0.15, 0.2) is 11.0 Å². The molecule has 1 aromatic carbocycles. The molecule has 24 heavy (non-hydrogen) atoms. The van der Waals surface area contributed by atoms with Gasteiger partial charge in [-0.15, -0.1) is 0 Å². The molecule has 0 radical (unpaired) electrons. The number of rotatable bonds is 6. The molecule has 0 aromatic heterocycles. The van der Waals surface area contributed by atoms with E-state index in [2.05, 4.69) is 24.4 Å². The van der Waals surface area contributed by atoms with Crippen molar-refractivity contribution in [3.05, 3.63) is 29.8 Å². The van der Waals surface area contributed by atoms with Gasteiger partial charge in [-0.2, -0.15) is 0 Å². The predicted octanol–water partition coefficient (Wildman–Crippen LogP) is -0.0357. The van der Waals surface area contributed by atoms with Crippen molar-refractivity contribution in [2.75, 3.05) is 32.1 Å². The maximum absolute atomic E-state index is 12.8. The number of hydrogen-bond acceptors (Lipinski definition) is 4. The number of carbonyl (C=O) groups is 2. The summed E-state index contributed by atoms with van der Waals surface area (Å²) in [6, 6.07) is 7.43. The van der Waals surface area contributed by atoms with E-state index in [9.17, 15) is 9.59 Å². The van der Waals surface area contributed by atoms with Crippen LogP contribution in [0.2, 0.25) is 0 Å². The van der Waals surface area contributed by atoms with Gasteiger partial charge in [0.1, 0.15) is 0 Å². The molecule has 6 nitrogen and oxygen atoms in total. The first-order valence-electron chi connectivity index (χ1n) is 7.95. The second kappa shape index (κ2) is 8.12. The minimum atomic E-state index is -0.942. The molecular weight excluding hydrogens is 324 g/mol. The lowest BCUT2D eigenvalue weighted by Gasteiger charge is -2.31. The first-order valence-corrected chi connectivity index (χ1v) is 8.36. The number of nitrogens with zero attached hydrogens (tertiary/aromatic N) is 2. The predicted molar refractivity (Wildman–Crippen MR) is 98.5 cm³/mol. The Morgan fingerprint density at radius 2 is 2.04 bits per heavy atom. The van der Waals surface area contributed by atoms with Gasteiger partial charge in [-0.3, -0.25) is 19.5 Å². The van der Waals surface area contributed by atoms with Crippen LogP contribution in [-0.4, -0.2) is 50.3 Å². The average molecular weight is 347 g/mol. The number of quaternary nitrogens is 1. The Balaban J connectivity index is 2.14. The Hall–Kier alpha value is -2.12. The molecule has 0 spiro atoms. The summed E-state index contributed by atoms with van der Waals surface area (Å²) >= 11 is 5.18. The van der Waals surface area contributed by atoms with E-state index in [0.717, 1.165) is 18.5 Å². The minimum absolute atomic E-state index is 0.111. The van der Waals surface area contributed by atoms with Crippen molar-refractivity contribution in [3.63, 3.8) is 0 Å². The molecule has 2 amide bonds. The average Bonchev–Trinajstić information content (AvgIpc) is 2.51. The van der Waals surface area contributed by atoms with Gasteiger partial charge in [0.25, 0.3) is 5.91 Å². The van der Waals surface area contributed by atoms with E-state index in [1.165, 1.54) is 16.0 Å². The molecule has 2 rings (SSSR count). The number of amides is 2. The molecule has 1 aromatic rings. The second-order valence-electron chi connectivity index (χ2n) is 6.10. The van der Waals surface area contributed by atoms with Gasteiger partial charge in [0, 0.05) is 19.2 Å². The van der Waals surface area contributed by atoms with Crippen molar-refractivity contribution in [1.82, 2.24) is 5.32 Å². The third-order valence-electron chi connectivity index (χ3n) is 3.78. The highest BCUT2D eigenvalue weighted by atomic mass is 32.1. The van der Waals surface area contributed by atoms with Crippen molar-refractivity contribution in [1.29, 1.82) is 0 Å². The lowest BCUT2D eigenvalue weighted by atomic mass is 10.0. The number of nitrogens with one attached hydrogen (secondary N) is 2. The first-order chi connectivity index (χ1) is 11.4. The van der Waals surface area contributed by atoms with Crippen molar-refractivity contribution in [2.24, 2.45) is 10.9 Å². The summed E-state index contributed by atoms with van der Waals surface area (Å²) in [7, 11) is 4.14. The highest BCUT2D eigenvalue weighted by Gasteiger charge is 2.38. The lowest BCUT2D eigenvalue weighted by molar-refractivity contribution is -0.858. The maximum atomic E-state index is 12.8. The van der Waals surface area contributed by atoms with Gasteiger partial charge in [-0.05, 0) is 30.8 Å². The highest BCUT2D eigenvalue weighted by molar-refractivity contribution is 7.80. The number of carbonyl (C=O) groups excluding carboxylic acids is 2. The van der Waals surface area contributed by atoms with E-state index in [0.29, 0.717) is 12.2 Å². The largest absolute Gasteiger partial charge is 0.340 e. The van der Waals surface area contributed by atoms with Gasteiger partial charge < -0.3 is 10.2 Å². The fourth-order valence-electron chi connectivity index (χ4n) is 2.47. The van der Waals surface area contributed by atoms with Gasteiger partial charge in [-0.25, -0.2) is 0 Å². The number of hydrogen-bond donors (Lipinski definition) is 2. The molecule has 2 N–H and O–H groups in total. The number of benzene rings is 1. The summed E-state index contributed by atoms with van der Waals surface area (Å²) < 4.78 is 0. The third kappa shape index (κ3) is 4.24. The molecule has 0 saturated carbocycles. The number of aryl methyl sites for hydroxylation is 1. The summed E-state index contributed by atoms with van der Waals surface area (Å²) in [4.78, 5) is 31.8. The van der Waals surface area contributed by atoms with Crippen LogP contribution in [-0.2, 0) is 9.59 Å². The van der Waals surface area contributed by atoms with Crippen LogP contribution in [0.3, 0.4) is 0 Å². The molecule has 1 saturated heterocycles. The van der Waals surface area contributed by atoms with Gasteiger partial charge in [0.2, 0.25) is 5.91 Å². The molecule has 0 aliphatic carbocycles. The van der Waals surface area contributed by atoms with E-state index >= 15 is 0 Å². The second-order valence-corrected chi connectivity index (χ2v) is 6.48. The summed E-state index contributed by atoms with van der Waals surface area (Å²) in [5, 5.41) is 2.71. The van der Waals surface area contributed by atoms with Crippen LogP contribution in [0.15, 0.2) is 29.3 Å². The number of aliphatic imine (C=N–C) groups is 1. The molecule has 128 valence electrons. The van der Waals surface area contributed by atoms with E-state index in [1.54, 1.807) is 0 Å². The van der Waals surface area contributed by atoms with Crippen LogP contribution in [0, 0.1) is 12.8 Å². The Labute approximate surface area is 147 Å². The van der Waals surface area contributed by atoms with E-state index in [-0.39, 0.29) is 11.0 Å². The van der Waals surface area contributed by atoms with Crippen LogP contribution in [0.5, 0.6) is 0 Å². The fraction of sp³-hybridized carbons (Fsp3) is 0.412. The molecule has 1 aliphatic rings.